The van der Waals surface area contributed by atoms with Crippen LogP contribution in [0.25, 0.3) is 0 Å². The molecule has 5 unspecified atom stereocenters. The smallest absolute Gasteiger partial charge is 0.306 e. The van der Waals surface area contributed by atoms with Crippen LogP contribution in [0.2, 0.25) is 0 Å². The fourth-order valence-corrected chi connectivity index (χ4v) is 3.05. The summed E-state index contributed by atoms with van der Waals surface area (Å²) >= 11 is 0. The van der Waals surface area contributed by atoms with Crippen LogP contribution in [0, 0.1) is 0 Å². The molecule has 33 heavy (non-hydrogen) atoms. The van der Waals surface area contributed by atoms with Gasteiger partial charge < -0.3 is 33.9 Å². The number of carbonyl (C=O) groups is 2. The molecule has 9 nitrogen and oxygen atoms in total. The molecule has 0 aromatic carbocycles. The van der Waals surface area contributed by atoms with Crippen molar-refractivity contribution in [2.24, 2.45) is 0 Å². The lowest BCUT2D eigenvalue weighted by atomic mass is 10.1. The molecule has 0 aliphatic heterocycles. The number of unbranched alkanes of at least 4 members (excludes halogenated alkanes) is 2. The van der Waals surface area contributed by atoms with E-state index in [1.807, 2.05) is 13.8 Å². The molecule has 0 fully saturated rings. The average Bonchev–Trinajstić information content (AvgIpc) is 2.75. The van der Waals surface area contributed by atoms with Crippen LogP contribution in [0.3, 0.4) is 0 Å². The highest BCUT2D eigenvalue weighted by molar-refractivity contribution is 5.70. The van der Waals surface area contributed by atoms with E-state index in [4.69, 9.17) is 28.8 Å². The summed E-state index contributed by atoms with van der Waals surface area (Å²) in [5, 5.41) is 18.2. The standard InChI is InChI=1S/C24H46O9/c1-6-8-13-29-17-21(32-15-18(3)25)14-22(30-7-2)20(5)31-16-19(4)33-24(28)12-10-9-11-23(26)27/h18-22,25H,6-17H2,1-5H3,(H,26,27). The van der Waals surface area contributed by atoms with Gasteiger partial charge in [0.25, 0.3) is 0 Å². The molecule has 2 N–H and O–H groups in total. The van der Waals surface area contributed by atoms with E-state index in [-0.39, 0.29) is 50.3 Å². The van der Waals surface area contributed by atoms with Crippen LogP contribution in [0.1, 0.15) is 79.6 Å². The van der Waals surface area contributed by atoms with E-state index in [1.54, 1.807) is 13.8 Å². The minimum atomic E-state index is -0.867. The van der Waals surface area contributed by atoms with E-state index in [2.05, 4.69) is 6.92 Å². The summed E-state index contributed by atoms with van der Waals surface area (Å²) in [6.45, 7) is 11.4. The minimum absolute atomic E-state index is 0.0494. The number of rotatable bonds is 22. The first-order chi connectivity index (χ1) is 15.7. The Morgan fingerprint density at radius 1 is 0.879 bits per heavy atom. The largest absolute Gasteiger partial charge is 0.481 e. The molecular formula is C24H46O9. The first kappa shape index (κ1) is 31.7. The van der Waals surface area contributed by atoms with Gasteiger partial charge in [0.15, 0.2) is 0 Å². The van der Waals surface area contributed by atoms with Gasteiger partial charge in [-0.3, -0.25) is 9.59 Å². The van der Waals surface area contributed by atoms with Crippen molar-refractivity contribution in [3.8, 4) is 0 Å². The molecule has 196 valence electrons. The lowest BCUT2D eigenvalue weighted by Crippen LogP contribution is -2.37. The third-order valence-electron chi connectivity index (χ3n) is 4.87. The van der Waals surface area contributed by atoms with Gasteiger partial charge in [-0.25, -0.2) is 0 Å². The summed E-state index contributed by atoms with van der Waals surface area (Å²) in [6.07, 6.45) is 2.00. The zero-order valence-corrected chi connectivity index (χ0v) is 21.1. The normalized spacial score (nSPS) is 16.1. The van der Waals surface area contributed by atoms with E-state index in [0.717, 1.165) is 12.8 Å². The molecule has 0 bridgehead atoms. The number of ether oxygens (including phenoxy) is 5. The van der Waals surface area contributed by atoms with Gasteiger partial charge in [0, 0.05) is 32.5 Å². The maximum atomic E-state index is 11.9. The van der Waals surface area contributed by atoms with Crippen molar-refractivity contribution in [2.45, 2.75) is 110 Å². The Morgan fingerprint density at radius 3 is 2.18 bits per heavy atom. The van der Waals surface area contributed by atoms with Crippen molar-refractivity contribution in [2.75, 3.05) is 33.0 Å². The van der Waals surface area contributed by atoms with Gasteiger partial charge in [0.05, 0.1) is 44.2 Å². The van der Waals surface area contributed by atoms with Crippen LogP contribution in [0.4, 0.5) is 0 Å². The fraction of sp³-hybridized carbons (Fsp3) is 0.917. The van der Waals surface area contributed by atoms with Crippen LogP contribution < -0.4 is 0 Å². The molecule has 0 saturated carbocycles. The second-order valence-electron chi connectivity index (χ2n) is 8.40. The summed E-state index contributed by atoms with van der Waals surface area (Å²) in [7, 11) is 0. The van der Waals surface area contributed by atoms with E-state index in [1.165, 1.54) is 0 Å². The van der Waals surface area contributed by atoms with Crippen LogP contribution in [0.15, 0.2) is 0 Å². The maximum Gasteiger partial charge on any atom is 0.306 e. The molecule has 0 aliphatic carbocycles. The highest BCUT2D eigenvalue weighted by atomic mass is 16.6. The SMILES string of the molecule is CCCCOCC(CC(OCC)C(C)OCC(C)OC(=O)CCCCC(=O)O)OCC(C)O. The monoisotopic (exact) mass is 478 g/mol. The molecule has 0 aromatic heterocycles. The molecule has 0 aromatic rings. The predicted octanol–water partition coefficient (Wildman–Crippen LogP) is 3.35. The Balaban J connectivity index is 4.56. The number of aliphatic carboxylic acids is 1. The quantitative estimate of drug-likeness (QED) is 0.178. The summed E-state index contributed by atoms with van der Waals surface area (Å²) in [5.41, 5.74) is 0. The summed E-state index contributed by atoms with van der Waals surface area (Å²) in [5.74, 6) is -1.23. The van der Waals surface area contributed by atoms with Gasteiger partial charge in [0.2, 0.25) is 0 Å². The van der Waals surface area contributed by atoms with Crippen LogP contribution in [-0.4, -0.2) is 85.7 Å². The van der Waals surface area contributed by atoms with Gasteiger partial charge in [-0.15, -0.1) is 0 Å². The highest BCUT2D eigenvalue weighted by Gasteiger charge is 2.25. The van der Waals surface area contributed by atoms with Gasteiger partial charge in [-0.2, -0.15) is 0 Å². The Morgan fingerprint density at radius 2 is 1.58 bits per heavy atom. The minimum Gasteiger partial charge on any atom is -0.481 e. The lowest BCUT2D eigenvalue weighted by Gasteiger charge is -2.29. The fourth-order valence-electron chi connectivity index (χ4n) is 3.05. The van der Waals surface area contributed by atoms with Crippen LogP contribution >= 0.6 is 0 Å². The Hall–Kier alpha value is -1.26. The number of hydrogen-bond acceptors (Lipinski definition) is 8. The van der Waals surface area contributed by atoms with Crippen molar-refractivity contribution < 1.29 is 43.5 Å². The number of aliphatic hydroxyl groups excluding tert-OH is 1. The maximum absolute atomic E-state index is 11.9. The second kappa shape index (κ2) is 20.1. The van der Waals surface area contributed by atoms with Crippen molar-refractivity contribution in [3.05, 3.63) is 0 Å². The average molecular weight is 479 g/mol. The molecule has 5 atom stereocenters. The van der Waals surface area contributed by atoms with Crippen LogP contribution in [0.5, 0.6) is 0 Å². The Labute approximate surface area is 199 Å². The molecule has 0 spiro atoms. The zero-order chi connectivity index (χ0) is 25.1. The van der Waals surface area contributed by atoms with Crippen LogP contribution in [-0.2, 0) is 33.3 Å². The predicted molar refractivity (Wildman–Crippen MR) is 124 cm³/mol. The van der Waals surface area contributed by atoms with Gasteiger partial charge in [0.1, 0.15) is 6.10 Å². The number of esters is 1. The molecule has 0 amide bonds. The third kappa shape index (κ3) is 18.8. The molecule has 0 heterocycles. The van der Waals surface area contributed by atoms with E-state index < -0.39 is 18.2 Å². The van der Waals surface area contributed by atoms with Gasteiger partial charge >= 0.3 is 11.9 Å². The van der Waals surface area contributed by atoms with Gasteiger partial charge in [-0.1, -0.05) is 13.3 Å². The van der Waals surface area contributed by atoms with Crippen molar-refractivity contribution >= 4 is 11.9 Å². The summed E-state index contributed by atoms with van der Waals surface area (Å²) < 4.78 is 28.7. The Bertz CT molecular complexity index is 498. The third-order valence-corrected chi connectivity index (χ3v) is 4.87. The summed E-state index contributed by atoms with van der Waals surface area (Å²) in [4.78, 5) is 22.4. The number of aliphatic hydroxyl groups is 1. The topological polar surface area (TPSA) is 121 Å². The number of carboxylic acid groups (broad SMARTS) is 1. The molecule has 0 rings (SSSR count). The van der Waals surface area contributed by atoms with Gasteiger partial charge in [-0.05, 0) is 47.0 Å². The number of carboxylic acids is 1. The Kier molecular flexibility index (Phi) is 19.4. The first-order valence-electron chi connectivity index (χ1n) is 12.2. The van der Waals surface area contributed by atoms with E-state index in [9.17, 15) is 14.7 Å². The molecular weight excluding hydrogens is 432 g/mol. The molecule has 0 radical (unpaired) electrons. The van der Waals surface area contributed by atoms with Crippen molar-refractivity contribution in [1.82, 2.24) is 0 Å². The molecule has 0 aliphatic rings. The van der Waals surface area contributed by atoms with E-state index >= 15 is 0 Å². The second-order valence-corrected chi connectivity index (χ2v) is 8.40. The first-order valence-corrected chi connectivity index (χ1v) is 12.2. The molecule has 9 heteroatoms. The number of hydrogen-bond donors (Lipinski definition) is 2. The molecule has 0 saturated heterocycles. The van der Waals surface area contributed by atoms with E-state index in [0.29, 0.717) is 39.1 Å². The number of carbonyl (C=O) groups excluding carboxylic acids is 1. The van der Waals surface area contributed by atoms with Crippen molar-refractivity contribution in [3.63, 3.8) is 0 Å². The lowest BCUT2D eigenvalue weighted by molar-refractivity contribution is -0.155. The summed E-state index contributed by atoms with van der Waals surface area (Å²) in [6, 6.07) is 0. The van der Waals surface area contributed by atoms with Crippen molar-refractivity contribution in [1.29, 1.82) is 0 Å². The zero-order valence-electron chi connectivity index (χ0n) is 21.1. The highest BCUT2D eigenvalue weighted by Crippen LogP contribution is 2.15.